The third-order valence-corrected chi connectivity index (χ3v) is 1.83. The van der Waals surface area contributed by atoms with Gasteiger partial charge in [0.05, 0.1) is 0 Å². The maximum Gasteiger partial charge on any atom is 0.124 e. The van der Waals surface area contributed by atoms with Crippen molar-refractivity contribution in [1.29, 1.82) is 0 Å². The van der Waals surface area contributed by atoms with Crippen LogP contribution in [0.1, 0.15) is 5.56 Å². The summed E-state index contributed by atoms with van der Waals surface area (Å²) in [6.07, 6.45) is 0. The van der Waals surface area contributed by atoms with Crippen LogP contribution in [0.3, 0.4) is 0 Å². The molecule has 1 aromatic rings. The summed E-state index contributed by atoms with van der Waals surface area (Å²) in [7, 11) is 1.90. The number of halogens is 1. The topological polar surface area (TPSA) is 21.3 Å². The summed E-state index contributed by atoms with van der Waals surface area (Å²) in [4.78, 5) is 0. The Morgan fingerprint density at radius 3 is 2.86 bits per heavy atom. The Hall–Kier alpha value is -0.990. The zero-order valence-electron chi connectivity index (χ0n) is 8.22. The van der Waals surface area contributed by atoms with E-state index in [1.807, 2.05) is 31.3 Å². The Kier molecular flexibility index (Phi) is 4.50. The molecule has 2 nitrogen and oxygen atoms in total. The summed E-state index contributed by atoms with van der Waals surface area (Å²) in [6.45, 7) is 4.70. The molecule has 0 aromatic heterocycles. The van der Waals surface area contributed by atoms with Crippen molar-refractivity contribution >= 4 is 11.6 Å². The number of rotatable bonds is 5. The van der Waals surface area contributed by atoms with Crippen LogP contribution in [0.25, 0.3) is 0 Å². The molecule has 0 spiro atoms. The molecule has 0 atom stereocenters. The zero-order chi connectivity index (χ0) is 10.4. The summed E-state index contributed by atoms with van der Waals surface area (Å²) in [5.41, 5.74) is 1.12. The Balaban J connectivity index is 2.68. The number of ether oxygens (including phenoxy) is 1. The summed E-state index contributed by atoms with van der Waals surface area (Å²) < 4.78 is 5.48. The Labute approximate surface area is 89.5 Å². The highest BCUT2D eigenvalue weighted by atomic mass is 35.5. The fourth-order valence-electron chi connectivity index (χ4n) is 1.14. The predicted octanol–water partition coefficient (Wildman–Crippen LogP) is 2.54. The highest BCUT2D eigenvalue weighted by Gasteiger charge is 2.01. The van der Waals surface area contributed by atoms with E-state index >= 15 is 0 Å². The SMILES string of the molecule is C=C(Cl)COc1ccccc1CNC. The van der Waals surface area contributed by atoms with Crippen molar-refractivity contribution in [2.45, 2.75) is 6.54 Å². The molecule has 0 radical (unpaired) electrons. The molecule has 0 amide bonds. The van der Waals surface area contributed by atoms with E-state index in [9.17, 15) is 0 Å². The summed E-state index contributed by atoms with van der Waals surface area (Å²) in [5, 5.41) is 3.58. The van der Waals surface area contributed by atoms with Crippen molar-refractivity contribution in [1.82, 2.24) is 5.32 Å². The molecule has 3 heteroatoms. The van der Waals surface area contributed by atoms with E-state index in [4.69, 9.17) is 16.3 Å². The third-order valence-electron chi connectivity index (χ3n) is 1.72. The standard InChI is InChI=1S/C11H14ClNO/c1-9(12)8-14-11-6-4-3-5-10(11)7-13-2/h3-6,13H,1,7-8H2,2H3. The lowest BCUT2D eigenvalue weighted by molar-refractivity contribution is 0.355. The van der Waals surface area contributed by atoms with Gasteiger partial charge >= 0.3 is 0 Å². The van der Waals surface area contributed by atoms with Gasteiger partial charge in [0.1, 0.15) is 12.4 Å². The largest absolute Gasteiger partial charge is 0.488 e. The Morgan fingerprint density at radius 2 is 2.21 bits per heavy atom. The summed E-state index contributed by atoms with van der Waals surface area (Å²) in [6, 6.07) is 7.86. The van der Waals surface area contributed by atoms with Crippen LogP contribution in [0.5, 0.6) is 5.75 Å². The fraction of sp³-hybridized carbons (Fsp3) is 0.273. The van der Waals surface area contributed by atoms with E-state index < -0.39 is 0 Å². The summed E-state index contributed by atoms with van der Waals surface area (Å²) >= 11 is 5.62. The molecule has 1 rings (SSSR count). The minimum absolute atomic E-state index is 0.349. The molecule has 0 saturated heterocycles. The molecule has 0 saturated carbocycles. The monoisotopic (exact) mass is 211 g/mol. The van der Waals surface area contributed by atoms with Gasteiger partial charge < -0.3 is 10.1 Å². The van der Waals surface area contributed by atoms with Gasteiger partial charge in [0, 0.05) is 17.1 Å². The van der Waals surface area contributed by atoms with E-state index in [1.165, 1.54) is 0 Å². The van der Waals surface area contributed by atoms with Crippen LogP contribution in [0.4, 0.5) is 0 Å². The zero-order valence-corrected chi connectivity index (χ0v) is 8.97. The highest BCUT2D eigenvalue weighted by Crippen LogP contribution is 2.18. The minimum atomic E-state index is 0.349. The van der Waals surface area contributed by atoms with Gasteiger partial charge in [0.2, 0.25) is 0 Å². The van der Waals surface area contributed by atoms with Crippen LogP contribution in [0.15, 0.2) is 35.9 Å². The fourth-order valence-corrected chi connectivity index (χ4v) is 1.19. The average Bonchev–Trinajstić information content (AvgIpc) is 2.17. The van der Waals surface area contributed by atoms with E-state index in [0.717, 1.165) is 17.9 Å². The quantitative estimate of drug-likeness (QED) is 0.808. The third kappa shape index (κ3) is 3.40. The molecule has 0 fully saturated rings. The maximum atomic E-state index is 5.62. The molecule has 0 unspecified atom stereocenters. The van der Waals surface area contributed by atoms with E-state index in [1.54, 1.807) is 0 Å². The van der Waals surface area contributed by atoms with Gasteiger partial charge in [0.25, 0.3) is 0 Å². The molecule has 1 aromatic carbocycles. The molecular formula is C11H14ClNO. The van der Waals surface area contributed by atoms with Crippen LogP contribution in [-0.2, 0) is 6.54 Å². The highest BCUT2D eigenvalue weighted by molar-refractivity contribution is 6.29. The molecule has 0 heterocycles. The Bertz CT molecular complexity index is 312. The lowest BCUT2D eigenvalue weighted by Crippen LogP contribution is -2.07. The van der Waals surface area contributed by atoms with Crippen LogP contribution in [0.2, 0.25) is 0 Å². The first-order valence-electron chi connectivity index (χ1n) is 4.42. The minimum Gasteiger partial charge on any atom is -0.488 e. The van der Waals surface area contributed by atoms with E-state index in [2.05, 4.69) is 11.9 Å². The molecule has 14 heavy (non-hydrogen) atoms. The smallest absolute Gasteiger partial charge is 0.124 e. The molecule has 0 aliphatic rings. The first kappa shape index (κ1) is 11.1. The lowest BCUT2D eigenvalue weighted by Gasteiger charge is -2.10. The number of nitrogens with one attached hydrogen (secondary N) is 1. The lowest BCUT2D eigenvalue weighted by atomic mass is 10.2. The molecule has 0 aliphatic carbocycles. The summed E-state index contributed by atoms with van der Waals surface area (Å²) in [5.74, 6) is 0.851. The first-order chi connectivity index (χ1) is 6.74. The second kappa shape index (κ2) is 5.68. The number of para-hydroxylation sites is 1. The Morgan fingerprint density at radius 1 is 1.50 bits per heavy atom. The van der Waals surface area contributed by atoms with E-state index in [-0.39, 0.29) is 0 Å². The molecule has 1 N–H and O–H groups in total. The van der Waals surface area contributed by atoms with Gasteiger partial charge in [-0.1, -0.05) is 36.4 Å². The molecule has 76 valence electrons. The molecule has 0 bridgehead atoms. The van der Waals surface area contributed by atoms with Gasteiger partial charge in [-0.05, 0) is 13.1 Å². The van der Waals surface area contributed by atoms with Crippen LogP contribution in [-0.4, -0.2) is 13.7 Å². The first-order valence-corrected chi connectivity index (χ1v) is 4.80. The second-order valence-electron chi connectivity index (χ2n) is 2.94. The number of benzene rings is 1. The number of hydrogen-bond donors (Lipinski definition) is 1. The molecule has 0 aliphatic heterocycles. The van der Waals surface area contributed by atoms with Crippen molar-refractivity contribution in [2.24, 2.45) is 0 Å². The van der Waals surface area contributed by atoms with Gasteiger partial charge in [-0.3, -0.25) is 0 Å². The van der Waals surface area contributed by atoms with Gasteiger partial charge in [-0.25, -0.2) is 0 Å². The predicted molar refractivity (Wildman–Crippen MR) is 59.7 cm³/mol. The molecular weight excluding hydrogens is 198 g/mol. The van der Waals surface area contributed by atoms with Crippen molar-refractivity contribution in [3.8, 4) is 5.75 Å². The van der Waals surface area contributed by atoms with Gasteiger partial charge in [0.15, 0.2) is 0 Å². The van der Waals surface area contributed by atoms with Crippen LogP contribution < -0.4 is 10.1 Å². The average molecular weight is 212 g/mol. The number of hydrogen-bond acceptors (Lipinski definition) is 2. The van der Waals surface area contributed by atoms with Crippen molar-refractivity contribution in [3.05, 3.63) is 41.4 Å². The van der Waals surface area contributed by atoms with Gasteiger partial charge in [-0.2, -0.15) is 0 Å². The van der Waals surface area contributed by atoms with Crippen LogP contribution in [0, 0.1) is 0 Å². The normalized spacial score (nSPS) is 9.86. The van der Waals surface area contributed by atoms with E-state index in [0.29, 0.717) is 11.6 Å². The van der Waals surface area contributed by atoms with Crippen molar-refractivity contribution in [2.75, 3.05) is 13.7 Å². The van der Waals surface area contributed by atoms with Crippen molar-refractivity contribution < 1.29 is 4.74 Å². The van der Waals surface area contributed by atoms with Crippen LogP contribution >= 0.6 is 11.6 Å². The van der Waals surface area contributed by atoms with Gasteiger partial charge in [-0.15, -0.1) is 0 Å². The second-order valence-corrected chi connectivity index (χ2v) is 3.48. The van der Waals surface area contributed by atoms with Crippen molar-refractivity contribution in [3.63, 3.8) is 0 Å². The maximum absolute atomic E-state index is 5.62.